The highest BCUT2D eigenvalue weighted by molar-refractivity contribution is 6.06. The summed E-state index contributed by atoms with van der Waals surface area (Å²) in [6.45, 7) is 0.149. The summed E-state index contributed by atoms with van der Waals surface area (Å²) in [5, 5.41) is 2.73. The van der Waals surface area contributed by atoms with Gasteiger partial charge < -0.3 is 5.32 Å². The third-order valence-corrected chi connectivity index (χ3v) is 5.36. The maximum atomic E-state index is 12.6. The highest BCUT2D eigenvalue weighted by Gasteiger charge is 2.56. The lowest BCUT2D eigenvalue weighted by atomic mass is 9.63. The molecule has 5 rings (SSSR count). The van der Waals surface area contributed by atoms with E-state index in [1.165, 1.54) is 4.90 Å². The van der Waals surface area contributed by atoms with Crippen LogP contribution in [0.5, 0.6) is 0 Å². The summed E-state index contributed by atoms with van der Waals surface area (Å²) in [5.74, 6) is -0.461. The van der Waals surface area contributed by atoms with Crippen LogP contribution >= 0.6 is 0 Å². The lowest BCUT2D eigenvalue weighted by Crippen LogP contribution is -2.38. The Morgan fingerprint density at radius 3 is 2.38 bits per heavy atom. The molecule has 2 bridgehead atoms. The van der Waals surface area contributed by atoms with E-state index in [1.807, 2.05) is 0 Å². The number of nitrogens with one attached hydrogen (secondary N) is 1. The molecule has 0 aromatic carbocycles. The second-order valence-corrected chi connectivity index (χ2v) is 6.71. The van der Waals surface area contributed by atoms with E-state index < -0.39 is 0 Å². The average molecular weight is 325 g/mol. The zero-order valence-electron chi connectivity index (χ0n) is 13.2. The number of carbonyl (C=O) groups is 3. The lowest BCUT2D eigenvalue weighted by molar-refractivity contribution is -0.140. The molecule has 1 aromatic heterocycles. The fourth-order valence-electron chi connectivity index (χ4n) is 4.23. The van der Waals surface area contributed by atoms with Crippen LogP contribution in [-0.2, 0) is 14.4 Å². The van der Waals surface area contributed by atoms with Crippen LogP contribution in [0.15, 0.2) is 36.7 Å². The molecular formula is C18H19N3O3. The summed E-state index contributed by atoms with van der Waals surface area (Å²) < 4.78 is 0. The number of nitrogens with zero attached hydrogens (tertiary/aromatic N) is 2. The molecule has 4 atom stereocenters. The molecule has 4 aliphatic rings. The van der Waals surface area contributed by atoms with Gasteiger partial charge in [0.2, 0.25) is 17.7 Å². The fraction of sp³-hybridized carbons (Fsp3) is 0.444. The van der Waals surface area contributed by atoms with E-state index >= 15 is 0 Å². The quantitative estimate of drug-likeness (QED) is 0.674. The van der Waals surface area contributed by atoms with Crippen LogP contribution < -0.4 is 5.32 Å². The molecule has 1 N–H and O–H groups in total. The Balaban J connectivity index is 1.40. The minimum atomic E-state index is -0.223. The largest absolute Gasteiger partial charge is 0.325 e. The van der Waals surface area contributed by atoms with Crippen LogP contribution in [0.2, 0.25) is 0 Å². The zero-order valence-corrected chi connectivity index (χ0v) is 13.2. The van der Waals surface area contributed by atoms with Gasteiger partial charge in [0.25, 0.3) is 0 Å². The van der Waals surface area contributed by atoms with E-state index in [-0.39, 0.29) is 54.4 Å². The Morgan fingerprint density at radius 2 is 1.83 bits per heavy atom. The van der Waals surface area contributed by atoms with E-state index in [0.29, 0.717) is 5.69 Å². The Bertz CT molecular complexity index is 683. The monoisotopic (exact) mass is 325 g/mol. The Morgan fingerprint density at radius 1 is 1.17 bits per heavy atom. The van der Waals surface area contributed by atoms with Gasteiger partial charge in [0.15, 0.2) is 0 Å². The Labute approximate surface area is 139 Å². The number of likely N-dealkylation sites (tertiary alicyclic amines) is 1. The van der Waals surface area contributed by atoms with Gasteiger partial charge in [0.05, 0.1) is 23.7 Å². The summed E-state index contributed by atoms with van der Waals surface area (Å²) in [6, 6.07) is 3.48. The van der Waals surface area contributed by atoms with E-state index in [9.17, 15) is 14.4 Å². The zero-order chi connectivity index (χ0) is 16.7. The Kier molecular flexibility index (Phi) is 3.67. The molecule has 2 heterocycles. The fourth-order valence-corrected chi connectivity index (χ4v) is 4.23. The van der Waals surface area contributed by atoms with Crippen molar-refractivity contribution in [1.82, 2.24) is 9.88 Å². The van der Waals surface area contributed by atoms with Gasteiger partial charge in [-0.2, -0.15) is 0 Å². The summed E-state index contributed by atoms with van der Waals surface area (Å²) in [4.78, 5) is 42.6. The third-order valence-electron chi connectivity index (χ3n) is 5.36. The molecule has 6 nitrogen and oxygen atoms in total. The van der Waals surface area contributed by atoms with Gasteiger partial charge in [-0.05, 0) is 36.8 Å². The maximum Gasteiger partial charge on any atom is 0.233 e. The van der Waals surface area contributed by atoms with E-state index in [1.54, 1.807) is 24.5 Å². The predicted molar refractivity (Wildman–Crippen MR) is 86.5 cm³/mol. The molecule has 4 unspecified atom stereocenters. The van der Waals surface area contributed by atoms with Crippen molar-refractivity contribution in [3.05, 3.63) is 36.7 Å². The minimum absolute atomic E-state index is 0.0989. The highest BCUT2D eigenvalue weighted by Crippen LogP contribution is 2.49. The van der Waals surface area contributed by atoms with E-state index in [4.69, 9.17) is 0 Å². The predicted octanol–water partition coefficient (Wildman–Crippen LogP) is 1.61. The van der Waals surface area contributed by atoms with E-state index in [2.05, 4.69) is 22.5 Å². The smallest absolute Gasteiger partial charge is 0.233 e. The topological polar surface area (TPSA) is 79.4 Å². The summed E-state index contributed by atoms with van der Waals surface area (Å²) >= 11 is 0. The number of allylic oxidation sites excluding steroid dienone is 2. The normalized spacial score (nSPS) is 30.6. The number of amides is 3. The van der Waals surface area contributed by atoms with Gasteiger partial charge in [-0.1, -0.05) is 12.2 Å². The first-order valence-corrected chi connectivity index (χ1v) is 8.38. The van der Waals surface area contributed by atoms with Crippen molar-refractivity contribution < 1.29 is 14.4 Å². The molecule has 2 fully saturated rings. The molecule has 1 saturated carbocycles. The molecule has 1 aromatic rings. The van der Waals surface area contributed by atoms with Crippen LogP contribution in [-0.4, -0.2) is 34.2 Å². The van der Waals surface area contributed by atoms with Crippen LogP contribution in [0.1, 0.15) is 19.3 Å². The summed E-state index contributed by atoms with van der Waals surface area (Å²) in [7, 11) is 0. The summed E-state index contributed by atoms with van der Waals surface area (Å²) in [5.41, 5.74) is 0.609. The van der Waals surface area contributed by atoms with Gasteiger partial charge in [-0.15, -0.1) is 0 Å². The van der Waals surface area contributed by atoms with Crippen LogP contribution in [0.25, 0.3) is 0 Å². The number of pyridine rings is 1. The molecule has 124 valence electrons. The molecular weight excluding hydrogens is 306 g/mol. The highest BCUT2D eigenvalue weighted by atomic mass is 16.2. The lowest BCUT2D eigenvalue weighted by Gasteiger charge is -2.38. The van der Waals surface area contributed by atoms with Crippen molar-refractivity contribution in [2.24, 2.45) is 23.7 Å². The standard InChI is InChI=1S/C18H19N3O3/c22-14(20-13-2-1-8-19-10-13)7-9-21-17(23)15-11-3-4-12(6-5-11)16(15)18(21)24/h1-4,8,10-12,15-16H,5-7,9H2,(H,20,22). The third kappa shape index (κ3) is 2.42. The first-order valence-electron chi connectivity index (χ1n) is 8.38. The molecule has 1 saturated heterocycles. The molecule has 24 heavy (non-hydrogen) atoms. The van der Waals surface area contributed by atoms with E-state index in [0.717, 1.165) is 12.8 Å². The Hall–Kier alpha value is -2.50. The van der Waals surface area contributed by atoms with Crippen LogP contribution in [0.4, 0.5) is 5.69 Å². The SMILES string of the molecule is O=C(CCN1C(=O)C2C3C=CC(CC3)C2C1=O)Nc1cccnc1. The minimum Gasteiger partial charge on any atom is -0.325 e. The molecule has 3 aliphatic carbocycles. The van der Waals surface area contributed by atoms with Crippen molar-refractivity contribution >= 4 is 23.4 Å². The number of rotatable bonds is 4. The second kappa shape index (κ2) is 5.85. The van der Waals surface area contributed by atoms with Crippen LogP contribution in [0, 0.1) is 23.7 Å². The van der Waals surface area contributed by atoms with Crippen molar-refractivity contribution in [2.45, 2.75) is 19.3 Å². The van der Waals surface area contributed by atoms with Gasteiger partial charge in [0.1, 0.15) is 0 Å². The van der Waals surface area contributed by atoms with Crippen LogP contribution in [0.3, 0.4) is 0 Å². The molecule has 1 aliphatic heterocycles. The molecule has 3 amide bonds. The van der Waals surface area contributed by atoms with Gasteiger partial charge >= 0.3 is 0 Å². The molecule has 0 radical (unpaired) electrons. The van der Waals surface area contributed by atoms with Crippen molar-refractivity contribution in [3.63, 3.8) is 0 Å². The van der Waals surface area contributed by atoms with Crippen molar-refractivity contribution in [1.29, 1.82) is 0 Å². The number of imide groups is 1. The van der Waals surface area contributed by atoms with Gasteiger partial charge in [0, 0.05) is 19.2 Å². The number of anilines is 1. The van der Waals surface area contributed by atoms with Gasteiger partial charge in [-0.3, -0.25) is 24.3 Å². The molecule has 0 spiro atoms. The number of aromatic nitrogens is 1. The first-order chi connectivity index (χ1) is 11.6. The van der Waals surface area contributed by atoms with Gasteiger partial charge in [-0.25, -0.2) is 0 Å². The number of hydrogen-bond donors (Lipinski definition) is 1. The first kappa shape index (κ1) is 15.1. The maximum absolute atomic E-state index is 12.6. The summed E-state index contributed by atoms with van der Waals surface area (Å²) in [6.07, 6.45) is 9.45. The number of carbonyl (C=O) groups excluding carboxylic acids is 3. The molecule has 6 heteroatoms. The van der Waals surface area contributed by atoms with Crippen molar-refractivity contribution in [2.75, 3.05) is 11.9 Å². The number of hydrogen-bond acceptors (Lipinski definition) is 4. The average Bonchev–Trinajstić information content (AvgIpc) is 2.88. The van der Waals surface area contributed by atoms with Crippen molar-refractivity contribution in [3.8, 4) is 0 Å². The second-order valence-electron chi connectivity index (χ2n) is 6.71. The number of fused-ring (bicyclic) bond motifs is 1.